The molecular formula is C17H30N2. The van der Waals surface area contributed by atoms with E-state index in [2.05, 4.69) is 30.9 Å². The Bertz CT molecular complexity index is 343. The lowest BCUT2D eigenvalue weighted by Gasteiger charge is -2.32. The Kier molecular flexibility index (Phi) is 5.50. The summed E-state index contributed by atoms with van der Waals surface area (Å²) >= 11 is 0. The average molecular weight is 262 g/mol. The number of nitrogens with two attached hydrogens (primary N) is 1. The van der Waals surface area contributed by atoms with Crippen LogP contribution in [0.25, 0.3) is 0 Å². The molecule has 0 saturated carbocycles. The molecule has 0 aromatic heterocycles. The Morgan fingerprint density at radius 3 is 2.63 bits per heavy atom. The van der Waals surface area contributed by atoms with Crippen LogP contribution in [0.4, 0.5) is 0 Å². The third-order valence-electron chi connectivity index (χ3n) is 4.58. The van der Waals surface area contributed by atoms with E-state index in [1.165, 1.54) is 58.0 Å². The van der Waals surface area contributed by atoms with E-state index >= 15 is 0 Å². The SMILES string of the molecule is CC1/C=C(N)\C=C2\CCCCN(CCCC1)C(C)C2. The van der Waals surface area contributed by atoms with Crippen molar-refractivity contribution >= 4 is 0 Å². The number of hydrogen-bond acceptors (Lipinski definition) is 2. The van der Waals surface area contributed by atoms with Crippen molar-refractivity contribution in [1.82, 2.24) is 4.90 Å². The first kappa shape index (κ1) is 14.6. The van der Waals surface area contributed by atoms with E-state index in [1.807, 2.05) is 0 Å². The van der Waals surface area contributed by atoms with Crippen molar-refractivity contribution in [3.05, 3.63) is 23.4 Å². The molecule has 2 N–H and O–H groups in total. The molecule has 3 unspecified atom stereocenters. The summed E-state index contributed by atoms with van der Waals surface area (Å²) in [5.41, 5.74) is 8.74. The van der Waals surface area contributed by atoms with Crippen LogP contribution in [0.5, 0.6) is 0 Å². The van der Waals surface area contributed by atoms with Gasteiger partial charge in [0.15, 0.2) is 0 Å². The fourth-order valence-corrected chi connectivity index (χ4v) is 3.44. The molecule has 2 nitrogen and oxygen atoms in total. The molecule has 0 aromatic carbocycles. The van der Waals surface area contributed by atoms with Gasteiger partial charge in [-0.05, 0) is 70.5 Å². The van der Waals surface area contributed by atoms with Gasteiger partial charge in [0.1, 0.15) is 0 Å². The number of fused-ring (bicyclic) bond motifs is 3. The molecule has 2 aliphatic rings. The lowest BCUT2D eigenvalue weighted by Crippen LogP contribution is -2.36. The summed E-state index contributed by atoms with van der Waals surface area (Å²) in [7, 11) is 0. The third kappa shape index (κ3) is 4.68. The van der Waals surface area contributed by atoms with Gasteiger partial charge in [0.25, 0.3) is 0 Å². The van der Waals surface area contributed by atoms with Gasteiger partial charge < -0.3 is 10.6 Å². The Morgan fingerprint density at radius 2 is 1.84 bits per heavy atom. The first-order valence-corrected chi connectivity index (χ1v) is 8.06. The van der Waals surface area contributed by atoms with Gasteiger partial charge in [-0.1, -0.05) is 25.0 Å². The predicted octanol–water partition coefficient (Wildman–Crippen LogP) is 3.84. The van der Waals surface area contributed by atoms with Crippen molar-refractivity contribution in [3.63, 3.8) is 0 Å². The van der Waals surface area contributed by atoms with Gasteiger partial charge in [-0.25, -0.2) is 0 Å². The van der Waals surface area contributed by atoms with E-state index in [0.29, 0.717) is 12.0 Å². The normalized spacial score (nSPS) is 39.8. The lowest BCUT2D eigenvalue weighted by atomic mass is 9.94. The highest BCUT2D eigenvalue weighted by molar-refractivity contribution is 5.22. The molecule has 3 atom stereocenters. The van der Waals surface area contributed by atoms with Gasteiger partial charge >= 0.3 is 0 Å². The Balaban J connectivity index is 2.19. The fourth-order valence-electron chi connectivity index (χ4n) is 3.44. The van der Waals surface area contributed by atoms with Gasteiger partial charge in [0.05, 0.1) is 0 Å². The second-order valence-electron chi connectivity index (χ2n) is 6.49. The molecule has 0 spiro atoms. The summed E-state index contributed by atoms with van der Waals surface area (Å²) in [6.45, 7) is 7.24. The van der Waals surface area contributed by atoms with Gasteiger partial charge in [-0.3, -0.25) is 0 Å². The first-order valence-electron chi connectivity index (χ1n) is 8.06. The van der Waals surface area contributed by atoms with E-state index in [0.717, 1.165) is 5.70 Å². The molecule has 2 rings (SSSR count). The highest BCUT2D eigenvalue weighted by atomic mass is 15.1. The molecule has 2 bridgehead atoms. The molecule has 19 heavy (non-hydrogen) atoms. The highest BCUT2D eigenvalue weighted by Crippen LogP contribution is 2.24. The van der Waals surface area contributed by atoms with Crippen LogP contribution < -0.4 is 5.73 Å². The third-order valence-corrected chi connectivity index (χ3v) is 4.58. The van der Waals surface area contributed by atoms with E-state index in [9.17, 15) is 0 Å². The van der Waals surface area contributed by atoms with Gasteiger partial charge in [0.2, 0.25) is 0 Å². The van der Waals surface area contributed by atoms with Crippen LogP contribution in [-0.4, -0.2) is 24.0 Å². The van der Waals surface area contributed by atoms with Crippen molar-refractivity contribution in [1.29, 1.82) is 0 Å². The minimum absolute atomic E-state index is 0.616. The van der Waals surface area contributed by atoms with Gasteiger partial charge in [0, 0.05) is 11.7 Å². The van der Waals surface area contributed by atoms with Crippen LogP contribution in [0.15, 0.2) is 23.4 Å². The maximum Gasteiger partial charge on any atom is 0.0275 e. The maximum absolute atomic E-state index is 6.20. The molecule has 108 valence electrons. The van der Waals surface area contributed by atoms with Crippen LogP contribution in [0.1, 0.15) is 58.8 Å². The summed E-state index contributed by atoms with van der Waals surface area (Å²) in [6, 6.07) is 0.677. The lowest BCUT2D eigenvalue weighted by molar-refractivity contribution is 0.190. The average Bonchev–Trinajstić information content (AvgIpc) is 2.33. The molecule has 0 amide bonds. The standard InChI is InChI=1S/C17H30N2/c1-14-7-3-5-9-19-10-6-4-8-16(12-15(19)2)13-17(18)11-14/h11,13-15H,3-10,12,18H2,1-2H3/b16-13-,17-11+. The summed E-state index contributed by atoms with van der Waals surface area (Å²) < 4.78 is 0. The molecular weight excluding hydrogens is 232 g/mol. The fraction of sp³-hybridized carbons (Fsp3) is 0.765. The number of allylic oxidation sites excluding steroid dienone is 2. The van der Waals surface area contributed by atoms with Crippen molar-refractivity contribution in [3.8, 4) is 0 Å². The van der Waals surface area contributed by atoms with Crippen molar-refractivity contribution < 1.29 is 0 Å². The van der Waals surface area contributed by atoms with Crippen LogP contribution >= 0.6 is 0 Å². The zero-order chi connectivity index (χ0) is 13.7. The number of rotatable bonds is 0. The molecule has 0 aromatic rings. The van der Waals surface area contributed by atoms with E-state index in [4.69, 9.17) is 5.73 Å². The molecule has 2 heteroatoms. The highest BCUT2D eigenvalue weighted by Gasteiger charge is 2.18. The number of hydrogen-bond donors (Lipinski definition) is 1. The van der Waals surface area contributed by atoms with Gasteiger partial charge in [-0.15, -0.1) is 0 Å². The molecule has 1 saturated heterocycles. The second kappa shape index (κ2) is 7.14. The largest absolute Gasteiger partial charge is 0.399 e. The zero-order valence-corrected chi connectivity index (χ0v) is 12.7. The first-order chi connectivity index (χ1) is 9.15. The smallest absolute Gasteiger partial charge is 0.0275 e. The summed E-state index contributed by atoms with van der Waals surface area (Å²) in [5.74, 6) is 0.616. The minimum Gasteiger partial charge on any atom is -0.399 e. The van der Waals surface area contributed by atoms with Crippen molar-refractivity contribution in [2.75, 3.05) is 13.1 Å². The topological polar surface area (TPSA) is 29.3 Å². The summed E-state index contributed by atoms with van der Waals surface area (Å²) in [5, 5.41) is 0. The molecule has 2 aliphatic heterocycles. The quantitative estimate of drug-likeness (QED) is 0.718. The summed E-state index contributed by atoms with van der Waals surface area (Å²) in [6.07, 6.45) is 13.5. The van der Waals surface area contributed by atoms with Crippen molar-refractivity contribution in [2.24, 2.45) is 11.7 Å². The van der Waals surface area contributed by atoms with Gasteiger partial charge in [-0.2, -0.15) is 0 Å². The molecule has 1 fully saturated rings. The minimum atomic E-state index is 0.616. The monoisotopic (exact) mass is 262 g/mol. The second-order valence-corrected chi connectivity index (χ2v) is 6.49. The molecule has 0 radical (unpaired) electrons. The zero-order valence-electron chi connectivity index (χ0n) is 12.7. The Hall–Kier alpha value is -0.760. The van der Waals surface area contributed by atoms with Crippen LogP contribution in [-0.2, 0) is 0 Å². The Morgan fingerprint density at radius 1 is 1.11 bits per heavy atom. The van der Waals surface area contributed by atoms with Crippen LogP contribution in [0.2, 0.25) is 0 Å². The van der Waals surface area contributed by atoms with Crippen molar-refractivity contribution in [2.45, 2.75) is 64.8 Å². The predicted molar refractivity (Wildman–Crippen MR) is 82.9 cm³/mol. The summed E-state index contributed by atoms with van der Waals surface area (Å²) in [4.78, 5) is 2.69. The van der Waals surface area contributed by atoms with E-state index in [1.54, 1.807) is 5.57 Å². The molecule has 0 aliphatic carbocycles. The van der Waals surface area contributed by atoms with Crippen LogP contribution in [0, 0.1) is 5.92 Å². The maximum atomic E-state index is 6.20. The Labute approximate surface area is 118 Å². The van der Waals surface area contributed by atoms with E-state index < -0.39 is 0 Å². The number of nitrogens with zero attached hydrogens (tertiary/aromatic N) is 1. The van der Waals surface area contributed by atoms with E-state index in [-0.39, 0.29) is 0 Å². The van der Waals surface area contributed by atoms with Crippen LogP contribution in [0.3, 0.4) is 0 Å². The molecule has 2 heterocycles.